The molecular formula is C20H16N2O3. The molecule has 0 aromatic heterocycles. The molecule has 0 aliphatic heterocycles. The van der Waals surface area contributed by atoms with Gasteiger partial charge in [-0.1, -0.05) is 30.3 Å². The summed E-state index contributed by atoms with van der Waals surface area (Å²) in [6.07, 6.45) is 0.816. The minimum absolute atomic E-state index is 0.107. The third-order valence-corrected chi connectivity index (χ3v) is 4.32. The maximum absolute atomic E-state index is 11.3. The van der Waals surface area contributed by atoms with E-state index in [-0.39, 0.29) is 11.3 Å². The van der Waals surface area contributed by atoms with Gasteiger partial charge in [-0.15, -0.1) is 0 Å². The van der Waals surface area contributed by atoms with Gasteiger partial charge in [-0.3, -0.25) is 0 Å². The van der Waals surface area contributed by atoms with Crippen molar-refractivity contribution < 1.29 is 14.7 Å². The van der Waals surface area contributed by atoms with E-state index in [1.807, 2.05) is 30.3 Å². The molecule has 0 heterocycles. The molecule has 0 bridgehead atoms. The molecule has 0 unspecified atom stereocenters. The Morgan fingerprint density at radius 1 is 1.04 bits per heavy atom. The predicted octanol–water partition coefficient (Wildman–Crippen LogP) is 3.94. The van der Waals surface area contributed by atoms with E-state index in [1.165, 1.54) is 17.2 Å². The summed E-state index contributed by atoms with van der Waals surface area (Å²) in [5.74, 6) is -0.764. The molecule has 124 valence electrons. The first-order valence-electron chi connectivity index (χ1n) is 7.89. The van der Waals surface area contributed by atoms with Crippen molar-refractivity contribution in [2.45, 2.75) is 6.42 Å². The van der Waals surface area contributed by atoms with Gasteiger partial charge in [-0.2, -0.15) is 0 Å². The van der Waals surface area contributed by atoms with E-state index in [2.05, 4.69) is 11.5 Å². The maximum Gasteiger partial charge on any atom is 0.339 e. The van der Waals surface area contributed by atoms with Crippen LogP contribution in [0.2, 0.25) is 0 Å². The van der Waals surface area contributed by atoms with Crippen LogP contribution in [0.3, 0.4) is 0 Å². The summed E-state index contributed by atoms with van der Waals surface area (Å²) in [4.78, 5) is 16.9. The van der Waals surface area contributed by atoms with Gasteiger partial charge < -0.3 is 15.7 Å². The molecule has 3 aromatic carbocycles. The van der Waals surface area contributed by atoms with E-state index in [0.29, 0.717) is 0 Å². The summed E-state index contributed by atoms with van der Waals surface area (Å²) in [7, 11) is 0. The van der Waals surface area contributed by atoms with Crippen LogP contribution in [0.15, 0.2) is 60.7 Å². The van der Waals surface area contributed by atoms with Gasteiger partial charge in [0.15, 0.2) is 5.75 Å². The average Bonchev–Trinajstić information content (AvgIpc) is 2.98. The Labute approximate surface area is 144 Å². The summed E-state index contributed by atoms with van der Waals surface area (Å²) in [6, 6.07) is 18.3. The maximum atomic E-state index is 11.3. The molecule has 0 atom stereocenters. The van der Waals surface area contributed by atoms with E-state index in [0.717, 1.165) is 28.9 Å². The number of hydrogen-bond acceptors (Lipinski definition) is 4. The molecule has 25 heavy (non-hydrogen) atoms. The lowest BCUT2D eigenvalue weighted by Gasteiger charge is -2.14. The smallest absolute Gasteiger partial charge is 0.339 e. The molecule has 0 saturated heterocycles. The highest BCUT2D eigenvalue weighted by Crippen LogP contribution is 2.42. The topological polar surface area (TPSA) is 84.6 Å². The van der Waals surface area contributed by atoms with Crippen molar-refractivity contribution in [1.29, 1.82) is 0 Å². The number of carboxylic acid groups (broad SMARTS) is 1. The quantitative estimate of drug-likeness (QED) is 0.389. The van der Waals surface area contributed by atoms with Crippen LogP contribution in [0.5, 0.6) is 5.75 Å². The molecule has 0 spiro atoms. The molecule has 1 aliphatic carbocycles. The molecule has 0 radical (unpaired) electrons. The first kappa shape index (κ1) is 15.1. The van der Waals surface area contributed by atoms with Crippen LogP contribution in [-0.2, 0) is 6.42 Å². The van der Waals surface area contributed by atoms with Gasteiger partial charge in [0.1, 0.15) is 5.56 Å². The third-order valence-electron chi connectivity index (χ3n) is 4.32. The van der Waals surface area contributed by atoms with Crippen LogP contribution in [0.25, 0.3) is 11.1 Å². The summed E-state index contributed by atoms with van der Waals surface area (Å²) in [5, 5.41) is 9.25. The van der Waals surface area contributed by atoms with Gasteiger partial charge in [0.05, 0.1) is 5.69 Å². The fourth-order valence-electron chi connectivity index (χ4n) is 3.20. The first-order chi connectivity index (χ1) is 12.1. The van der Waals surface area contributed by atoms with Gasteiger partial charge in [-0.05, 0) is 53.4 Å². The molecular weight excluding hydrogens is 316 g/mol. The number of nitrogens with two attached hydrogens (primary N) is 1. The number of hydrogen-bond donors (Lipinski definition) is 3. The third kappa shape index (κ3) is 2.65. The van der Waals surface area contributed by atoms with Crippen molar-refractivity contribution in [3.8, 4) is 16.9 Å². The number of aromatic carboxylic acids is 1. The van der Waals surface area contributed by atoms with Crippen molar-refractivity contribution in [2.75, 3.05) is 11.2 Å². The van der Waals surface area contributed by atoms with Crippen LogP contribution in [0.4, 0.5) is 11.4 Å². The Hall–Kier alpha value is -3.47. The number of nitrogens with one attached hydrogen (secondary N) is 1. The molecule has 0 amide bonds. The molecule has 0 saturated carbocycles. The lowest BCUT2D eigenvalue weighted by Crippen LogP contribution is -2.09. The van der Waals surface area contributed by atoms with Crippen LogP contribution in [0.1, 0.15) is 21.5 Å². The SMILES string of the molecule is Nc1ccc2c(c1)Cc1cccc(NOc3ccccc3C(=O)O)c1-2. The van der Waals surface area contributed by atoms with E-state index in [1.54, 1.807) is 18.2 Å². The molecule has 5 heteroatoms. The first-order valence-corrected chi connectivity index (χ1v) is 7.89. The van der Waals surface area contributed by atoms with Crippen molar-refractivity contribution in [2.24, 2.45) is 0 Å². The fourth-order valence-corrected chi connectivity index (χ4v) is 3.20. The van der Waals surface area contributed by atoms with Crippen LogP contribution in [-0.4, -0.2) is 11.1 Å². The van der Waals surface area contributed by atoms with E-state index >= 15 is 0 Å². The van der Waals surface area contributed by atoms with E-state index in [4.69, 9.17) is 10.6 Å². The number of carbonyl (C=O) groups is 1. The fraction of sp³-hybridized carbons (Fsp3) is 0.0500. The molecule has 4 N–H and O–H groups in total. The Morgan fingerprint density at radius 2 is 1.88 bits per heavy atom. The van der Waals surface area contributed by atoms with Gasteiger partial charge >= 0.3 is 5.97 Å². The van der Waals surface area contributed by atoms with Crippen molar-refractivity contribution in [3.05, 3.63) is 77.4 Å². The van der Waals surface area contributed by atoms with E-state index < -0.39 is 5.97 Å². The minimum atomic E-state index is -1.03. The lowest BCUT2D eigenvalue weighted by molar-refractivity contribution is 0.0693. The van der Waals surface area contributed by atoms with E-state index in [9.17, 15) is 9.90 Å². The van der Waals surface area contributed by atoms with Crippen molar-refractivity contribution in [3.63, 3.8) is 0 Å². The largest absolute Gasteiger partial charge is 0.478 e. The zero-order valence-corrected chi connectivity index (χ0v) is 13.3. The molecule has 0 fully saturated rings. The highest BCUT2D eigenvalue weighted by Gasteiger charge is 2.22. The number of nitrogen functional groups attached to an aromatic ring is 1. The summed E-state index contributed by atoms with van der Waals surface area (Å²) in [5.41, 5.74) is 15.0. The molecule has 5 nitrogen and oxygen atoms in total. The molecule has 3 aromatic rings. The number of anilines is 2. The second kappa shape index (κ2) is 5.87. The Morgan fingerprint density at radius 3 is 2.72 bits per heavy atom. The second-order valence-corrected chi connectivity index (χ2v) is 5.94. The van der Waals surface area contributed by atoms with Crippen LogP contribution < -0.4 is 16.1 Å². The Kier molecular flexibility index (Phi) is 3.54. The molecule has 4 rings (SSSR count). The van der Waals surface area contributed by atoms with Gasteiger partial charge in [0.2, 0.25) is 0 Å². The number of rotatable bonds is 4. The lowest BCUT2D eigenvalue weighted by atomic mass is 10.0. The van der Waals surface area contributed by atoms with Crippen LogP contribution in [0, 0.1) is 0 Å². The number of para-hydroxylation sites is 1. The minimum Gasteiger partial charge on any atom is -0.478 e. The van der Waals surface area contributed by atoms with Gasteiger partial charge in [-0.25, -0.2) is 10.3 Å². The highest BCUT2D eigenvalue weighted by atomic mass is 16.6. The summed E-state index contributed by atoms with van der Waals surface area (Å²) in [6.45, 7) is 0. The normalized spacial score (nSPS) is 11.5. The zero-order chi connectivity index (χ0) is 17.4. The van der Waals surface area contributed by atoms with Crippen LogP contribution >= 0.6 is 0 Å². The van der Waals surface area contributed by atoms with Crippen molar-refractivity contribution >= 4 is 17.3 Å². The second-order valence-electron chi connectivity index (χ2n) is 5.94. The Bertz CT molecular complexity index is 982. The monoisotopic (exact) mass is 332 g/mol. The summed E-state index contributed by atoms with van der Waals surface area (Å²) < 4.78 is 0. The van der Waals surface area contributed by atoms with Crippen molar-refractivity contribution in [1.82, 2.24) is 0 Å². The average molecular weight is 332 g/mol. The standard InChI is InChI=1S/C20H16N2O3/c21-14-8-9-15-13(11-14)10-12-4-3-6-17(19(12)15)22-25-18-7-2-1-5-16(18)20(23)24/h1-9,11,22H,10,21H2,(H,23,24). The van der Waals surface area contributed by atoms with Gasteiger partial charge in [0, 0.05) is 11.3 Å². The predicted molar refractivity (Wildman–Crippen MR) is 96.7 cm³/mol. The zero-order valence-electron chi connectivity index (χ0n) is 13.3. The molecule has 1 aliphatic rings. The number of fused-ring (bicyclic) bond motifs is 3. The number of benzene rings is 3. The van der Waals surface area contributed by atoms with Gasteiger partial charge in [0.25, 0.3) is 0 Å². The summed E-state index contributed by atoms with van der Waals surface area (Å²) >= 11 is 0. The number of carboxylic acids is 1. The highest BCUT2D eigenvalue weighted by molar-refractivity contribution is 5.91. The Balaban J connectivity index is 1.68.